The summed E-state index contributed by atoms with van der Waals surface area (Å²) in [5.41, 5.74) is 4.69. The summed E-state index contributed by atoms with van der Waals surface area (Å²) in [4.78, 5) is 28.8. The Labute approximate surface area is 138 Å². The van der Waals surface area contributed by atoms with Gasteiger partial charge in [-0.2, -0.15) is 0 Å². The molecule has 2 aromatic carbocycles. The fourth-order valence-corrected chi connectivity index (χ4v) is 2.45. The summed E-state index contributed by atoms with van der Waals surface area (Å²) in [5, 5.41) is 0. The number of rotatable bonds is 7. The van der Waals surface area contributed by atoms with Gasteiger partial charge >= 0.3 is 5.76 Å². The second-order valence-electron chi connectivity index (χ2n) is 5.39. The molecule has 1 heterocycles. The van der Waals surface area contributed by atoms with Crippen molar-refractivity contribution in [1.29, 1.82) is 0 Å². The van der Waals surface area contributed by atoms with E-state index < -0.39 is 5.76 Å². The average molecular weight is 326 g/mol. The van der Waals surface area contributed by atoms with Crippen LogP contribution in [-0.4, -0.2) is 10.5 Å². The number of hydrogen-bond acceptors (Lipinski definition) is 4. The van der Waals surface area contributed by atoms with Gasteiger partial charge in [0, 0.05) is 13.0 Å². The molecule has 0 unspecified atom stereocenters. The van der Waals surface area contributed by atoms with Crippen LogP contribution in [0.1, 0.15) is 18.4 Å². The Morgan fingerprint density at radius 1 is 1.08 bits per heavy atom. The van der Waals surface area contributed by atoms with E-state index in [0.717, 1.165) is 11.1 Å². The van der Waals surface area contributed by atoms with Crippen LogP contribution >= 0.6 is 0 Å². The van der Waals surface area contributed by atoms with Crippen molar-refractivity contribution in [3.05, 3.63) is 70.7 Å². The second-order valence-corrected chi connectivity index (χ2v) is 5.39. The SMILES string of the molecule is O=C(CCCn1c(=O)oc2ccccc21)NOCc1ccccc1. The van der Waals surface area contributed by atoms with E-state index in [0.29, 0.717) is 25.2 Å². The van der Waals surface area contributed by atoms with Gasteiger partial charge in [-0.3, -0.25) is 14.2 Å². The molecule has 0 atom stereocenters. The molecule has 3 rings (SSSR count). The summed E-state index contributed by atoms with van der Waals surface area (Å²) in [6, 6.07) is 16.8. The molecule has 124 valence electrons. The van der Waals surface area contributed by atoms with Gasteiger partial charge in [0.1, 0.15) is 0 Å². The maximum Gasteiger partial charge on any atom is 0.419 e. The monoisotopic (exact) mass is 326 g/mol. The standard InChI is InChI=1S/C18H18N2O4/c21-17(19-23-13-14-7-2-1-3-8-14)11-6-12-20-15-9-4-5-10-16(15)24-18(20)22/h1-5,7-10H,6,11-13H2,(H,19,21). The molecule has 0 aliphatic heterocycles. The minimum Gasteiger partial charge on any atom is -0.408 e. The van der Waals surface area contributed by atoms with E-state index in [9.17, 15) is 9.59 Å². The number of fused-ring (bicyclic) bond motifs is 1. The van der Waals surface area contributed by atoms with Crippen LogP contribution in [0, 0.1) is 0 Å². The van der Waals surface area contributed by atoms with Gasteiger partial charge in [0.25, 0.3) is 0 Å². The molecule has 1 aromatic heterocycles. The Morgan fingerprint density at radius 2 is 1.83 bits per heavy atom. The summed E-state index contributed by atoms with van der Waals surface area (Å²) in [7, 11) is 0. The molecule has 0 saturated carbocycles. The number of hydroxylamine groups is 1. The number of amides is 1. The smallest absolute Gasteiger partial charge is 0.408 e. The number of benzene rings is 2. The zero-order chi connectivity index (χ0) is 16.8. The van der Waals surface area contributed by atoms with Crippen molar-refractivity contribution in [3.63, 3.8) is 0 Å². The number of para-hydroxylation sites is 2. The lowest BCUT2D eigenvalue weighted by molar-refractivity contribution is -0.134. The third kappa shape index (κ3) is 3.91. The number of nitrogens with zero attached hydrogens (tertiary/aromatic N) is 1. The number of hydrogen-bond donors (Lipinski definition) is 1. The normalized spacial score (nSPS) is 10.8. The number of aromatic nitrogens is 1. The van der Waals surface area contributed by atoms with Gasteiger partial charge in [-0.1, -0.05) is 42.5 Å². The highest BCUT2D eigenvalue weighted by Gasteiger charge is 2.09. The van der Waals surface area contributed by atoms with Crippen LogP contribution in [0.15, 0.2) is 63.8 Å². The topological polar surface area (TPSA) is 73.5 Å². The largest absolute Gasteiger partial charge is 0.419 e. The number of nitrogens with one attached hydrogen (secondary N) is 1. The van der Waals surface area contributed by atoms with Gasteiger partial charge in [-0.25, -0.2) is 10.3 Å². The van der Waals surface area contributed by atoms with Crippen molar-refractivity contribution in [2.24, 2.45) is 0 Å². The molecule has 0 fully saturated rings. The average Bonchev–Trinajstić information content (AvgIpc) is 2.92. The highest BCUT2D eigenvalue weighted by atomic mass is 16.6. The van der Waals surface area contributed by atoms with E-state index in [1.807, 2.05) is 48.5 Å². The molecular formula is C18H18N2O4. The summed E-state index contributed by atoms with van der Waals surface area (Å²) in [6.07, 6.45) is 0.782. The Morgan fingerprint density at radius 3 is 2.67 bits per heavy atom. The van der Waals surface area contributed by atoms with Crippen LogP contribution in [-0.2, 0) is 22.8 Å². The third-order valence-electron chi connectivity index (χ3n) is 3.63. The molecule has 1 N–H and O–H groups in total. The first kappa shape index (κ1) is 16.0. The van der Waals surface area contributed by atoms with E-state index in [-0.39, 0.29) is 12.3 Å². The van der Waals surface area contributed by atoms with Gasteiger partial charge in [0.05, 0.1) is 12.1 Å². The van der Waals surface area contributed by atoms with E-state index in [4.69, 9.17) is 9.25 Å². The van der Waals surface area contributed by atoms with E-state index in [1.165, 1.54) is 4.57 Å². The van der Waals surface area contributed by atoms with Gasteiger partial charge in [-0.05, 0) is 24.1 Å². The van der Waals surface area contributed by atoms with Crippen molar-refractivity contribution < 1.29 is 14.0 Å². The molecule has 0 radical (unpaired) electrons. The Balaban J connectivity index is 1.45. The summed E-state index contributed by atoms with van der Waals surface area (Å²) >= 11 is 0. The Bertz CT molecular complexity index is 867. The highest BCUT2D eigenvalue weighted by Crippen LogP contribution is 2.12. The maximum absolute atomic E-state index is 11.8. The Kier molecular flexibility index (Phi) is 5.08. The summed E-state index contributed by atoms with van der Waals surface area (Å²) in [6.45, 7) is 0.736. The summed E-state index contributed by atoms with van der Waals surface area (Å²) < 4.78 is 6.69. The number of oxazole rings is 1. The highest BCUT2D eigenvalue weighted by molar-refractivity contribution is 5.75. The molecule has 6 heteroatoms. The molecule has 0 bridgehead atoms. The molecule has 3 aromatic rings. The summed E-state index contributed by atoms with van der Waals surface area (Å²) in [5.74, 6) is -0.622. The molecule has 0 aliphatic carbocycles. The molecular weight excluding hydrogens is 308 g/mol. The lowest BCUT2D eigenvalue weighted by Gasteiger charge is -2.06. The first-order chi connectivity index (χ1) is 11.7. The molecule has 0 spiro atoms. The van der Waals surface area contributed by atoms with Crippen molar-refractivity contribution in [2.45, 2.75) is 26.0 Å². The fraction of sp³-hybridized carbons (Fsp3) is 0.222. The third-order valence-corrected chi connectivity index (χ3v) is 3.63. The van der Waals surface area contributed by atoms with Crippen LogP contribution in [0.4, 0.5) is 0 Å². The van der Waals surface area contributed by atoms with Gasteiger partial charge in [-0.15, -0.1) is 0 Å². The number of carbonyl (C=O) groups excluding carboxylic acids is 1. The van der Waals surface area contributed by atoms with Crippen molar-refractivity contribution in [2.75, 3.05) is 0 Å². The first-order valence-corrected chi connectivity index (χ1v) is 7.77. The molecule has 24 heavy (non-hydrogen) atoms. The van der Waals surface area contributed by atoms with Gasteiger partial charge < -0.3 is 4.42 Å². The van der Waals surface area contributed by atoms with Crippen molar-refractivity contribution >= 4 is 17.0 Å². The van der Waals surface area contributed by atoms with E-state index in [2.05, 4.69) is 5.48 Å². The molecule has 1 amide bonds. The van der Waals surface area contributed by atoms with Crippen LogP contribution in [0.5, 0.6) is 0 Å². The predicted molar refractivity (Wildman–Crippen MR) is 89.1 cm³/mol. The van der Waals surface area contributed by atoms with Crippen LogP contribution < -0.4 is 11.2 Å². The molecule has 0 saturated heterocycles. The fourth-order valence-electron chi connectivity index (χ4n) is 2.45. The van der Waals surface area contributed by atoms with Crippen LogP contribution in [0.25, 0.3) is 11.1 Å². The predicted octanol–water partition coefficient (Wildman–Crippen LogP) is 2.62. The minimum atomic E-state index is -0.406. The van der Waals surface area contributed by atoms with E-state index in [1.54, 1.807) is 6.07 Å². The quantitative estimate of drug-likeness (QED) is 0.677. The van der Waals surface area contributed by atoms with Gasteiger partial charge in [0.2, 0.25) is 5.91 Å². The first-order valence-electron chi connectivity index (χ1n) is 7.77. The van der Waals surface area contributed by atoms with Crippen molar-refractivity contribution in [3.8, 4) is 0 Å². The Hall–Kier alpha value is -2.86. The second kappa shape index (κ2) is 7.61. The molecule has 6 nitrogen and oxygen atoms in total. The number of aryl methyl sites for hydroxylation is 1. The lowest BCUT2D eigenvalue weighted by atomic mass is 10.2. The minimum absolute atomic E-state index is 0.216. The zero-order valence-corrected chi connectivity index (χ0v) is 13.1. The molecule has 0 aliphatic rings. The van der Waals surface area contributed by atoms with Crippen LogP contribution in [0.2, 0.25) is 0 Å². The zero-order valence-electron chi connectivity index (χ0n) is 13.1. The van der Waals surface area contributed by atoms with E-state index >= 15 is 0 Å². The van der Waals surface area contributed by atoms with Crippen LogP contribution in [0.3, 0.4) is 0 Å². The number of carbonyl (C=O) groups is 1. The lowest BCUT2D eigenvalue weighted by Crippen LogP contribution is -2.24. The van der Waals surface area contributed by atoms with Gasteiger partial charge in [0.15, 0.2) is 5.58 Å². The van der Waals surface area contributed by atoms with Crippen molar-refractivity contribution in [1.82, 2.24) is 10.0 Å². The maximum atomic E-state index is 11.8.